The van der Waals surface area contributed by atoms with Crippen molar-refractivity contribution in [2.75, 3.05) is 6.54 Å². The highest BCUT2D eigenvalue weighted by molar-refractivity contribution is 5.78. The molecule has 0 aromatic carbocycles. The van der Waals surface area contributed by atoms with Crippen LogP contribution in [0.4, 0.5) is 0 Å². The maximum atomic E-state index is 6.03. The third-order valence-electron chi connectivity index (χ3n) is 3.25. The van der Waals surface area contributed by atoms with Gasteiger partial charge in [0.25, 0.3) is 0 Å². The zero-order valence-electron chi connectivity index (χ0n) is 9.08. The van der Waals surface area contributed by atoms with Gasteiger partial charge in [0.1, 0.15) is 0 Å². The van der Waals surface area contributed by atoms with Crippen LogP contribution in [-0.4, -0.2) is 29.5 Å². The Hall–Kier alpha value is -0.730. The normalized spacial score (nSPS) is 29.4. The molecule has 2 fully saturated rings. The molecule has 1 heterocycles. The van der Waals surface area contributed by atoms with Crippen LogP contribution in [0, 0.1) is 0 Å². The van der Waals surface area contributed by atoms with Gasteiger partial charge in [0, 0.05) is 12.6 Å². The first-order chi connectivity index (χ1) is 6.81. The highest BCUT2D eigenvalue weighted by atomic mass is 15.3. The molecule has 1 aliphatic heterocycles. The first kappa shape index (κ1) is 9.81. The largest absolute Gasteiger partial charge is 0.370 e. The Morgan fingerprint density at radius 1 is 1.36 bits per heavy atom. The van der Waals surface area contributed by atoms with Crippen molar-refractivity contribution in [1.29, 1.82) is 0 Å². The molecule has 3 heteroatoms. The van der Waals surface area contributed by atoms with Crippen LogP contribution in [0.25, 0.3) is 0 Å². The number of hydrogen-bond donors (Lipinski definition) is 1. The van der Waals surface area contributed by atoms with Crippen LogP contribution in [0.1, 0.15) is 45.4 Å². The Kier molecular flexibility index (Phi) is 2.94. The number of nitrogens with two attached hydrogens (primary N) is 1. The van der Waals surface area contributed by atoms with E-state index in [4.69, 9.17) is 5.73 Å². The highest BCUT2D eigenvalue weighted by Crippen LogP contribution is 2.25. The van der Waals surface area contributed by atoms with E-state index in [0.29, 0.717) is 12.1 Å². The van der Waals surface area contributed by atoms with Gasteiger partial charge in [-0.15, -0.1) is 0 Å². The van der Waals surface area contributed by atoms with Gasteiger partial charge in [-0.25, -0.2) is 4.99 Å². The van der Waals surface area contributed by atoms with Gasteiger partial charge >= 0.3 is 0 Å². The summed E-state index contributed by atoms with van der Waals surface area (Å²) in [5.74, 6) is 0.805. The van der Waals surface area contributed by atoms with Gasteiger partial charge in [0.2, 0.25) is 0 Å². The molecule has 0 aromatic rings. The Balaban J connectivity index is 1.98. The van der Waals surface area contributed by atoms with Crippen LogP contribution in [0.3, 0.4) is 0 Å². The van der Waals surface area contributed by atoms with E-state index in [-0.39, 0.29) is 0 Å². The van der Waals surface area contributed by atoms with Crippen molar-refractivity contribution < 1.29 is 0 Å². The Morgan fingerprint density at radius 2 is 2.14 bits per heavy atom. The molecule has 1 atom stereocenters. The number of guanidine groups is 1. The van der Waals surface area contributed by atoms with Crippen molar-refractivity contribution in [2.45, 2.75) is 57.5 Å². The summed E-state index contributed by atoms with van der Waals surface area (Å²) in [5, 5.41) is 0. The quantitative estimate of drug-likeness (QED) is 0.538. The third kappa shape index (κ3) is 2.20. The summed E-state index contributed by atoms with van der Waals surface area (Å²) in [6, 6.07) is 1.20. The van der Waals surface area contributed by atoms with Crippen LogP contribution in [0.15, 0.2) is 4.99 Å². The van der Waals surface area contributed by atoms with Crippen LogP contribution in [-0.2, 0) is 0 Å². The van der Waals surface area contributed by atoms with Gasteiger partial charge < -0.3 is 10.6 Å². The van der Waals surface area contributed by atoms with Crippen LogP contribution < -0.4 is 5.73 Å². The van der Waals surface area contributed by atoms with Crippen molar-refractivity contribution in [1.82, 2.24) is 4.90 Å². The molecule has 1 unspecified atom stereocenters. The predicted octanol–water partition coefficient (Wildman–Crippen LogP) is 1.73. The lowest BCUT2D eigenvalue weighted by molar-refractivity contribution is 0.232. The molecule has 2 aliphatic rings. The van der Waals surface area contributed by atoms with E-state index in [9.17, 15) is 0 Å². The number of piperidine rings is 1. The average molecular weight is 195 g/mol. The summed E-state index contributed by atoms with van der Waals surface area (Å²) < 4.78 is 0. The first-order valence-corrected chi connectivity index (χ1v) is 5.91. The molecule has 0 bridgehead atoms. The molecule has 2 N–H and O–H groups in total. The van der Waals surface area contributed by atoms with E-state index in [1.54, 1.807) is 0 Å². The summed E-state index contributed by atoms with van der Waals surface area (Å²) in [5.41, 5.74) is 6.03. The molecule has 0 aromatic heterocycles. The number of hydrogen-bond acceptors (Lipinski definition) is 1. The lowest BCUT2D eigenvalue weighted by Crippen LogP contribution is -2.47. The summed E-state index contributed by atoms with van der Waals surface area (Å²) in [4.78, 5) is 6.85. The molecule has 0 radical (unpaired) electrons. The van der Waals surface area contributed by atoms with E-state index in [2.05, 4.69) is 16.8 Å². The van der Waals surface area contributed by atoms with E-state index >= 15 is 0 Å². The second-order valence-corrected chi connectivity index (χ2v) is 4.47. The van der Waals surface area contributed by atoms with Crippen LogP contribution >= 0.6 is 0 Å². The topological polar surface area (TPSA) is 41.6 Å². The second kappa shape index (κ2) is 4.20. The van der Waals surface area contributed by atoms with E-state index < -0.39 is 0 Å². The molecular weight excluding hydrogens is 174 g/mol. The number of nitrogens with zero attached hydrogens (tertiary/aromatic N) is 2. The molecule has 1 aliphatic carbocycles. The second-order valence-electron chi connectivity index (χ2n) is 4.47. The Labute approximate surface area is 86.4 Å². The van der Waals surface area contributed by atoms with E-state index in [1.807, 2.05) is 0 Å². The Bertz CT molecular complexity index is 221. The summed E-state index contributed by atoms with van der Waals surface area (Å²) in [6.07, 6.45) is 7.60. The van der Waals surface area contributed by atoms with E-state index in [0.717, 1.165) is 12.5 Å². The number of aliphatic imine (C=N–C) groups is 1. The lowest BCUT2D eigenvalue weighted by Gasteiger charge is -2.36. The SMILES string of the molecule is CCC1CCCCN1C(N)=NC1CC1. The minimum absolute atomic E-state index is 0.550. The standard InChI is InChI=1S/C11H21N3/c1-2-10-5-3-4-8-14(10)11(12)13-9-6-7-9/h9-10H,2-8H2,1H3,(H2,12,13). The maximum Gasteiger partial charge on any atom is 0.191 e. The van der Waals surface area contributed by atoms with E-state index in [1.165, 1.54) is 38.5 Å². The zero-order valence-corrected chi connectivity index (χ0v) is 9.08. The first-order valence-electron chi connectivity index (χ1n) is 5.91. The van der Waals surface area contributed by atoms with Crippen molar-refractivity contribution in [3.8, 4) is 0 Å². The molecule has 0 amide bonds. The average Bonchev–Trinajstić information content (AvgIpc) is 3.01. The zero-order chi connectivity index (χ0) is 9.97. The molecular formula is C11H21N3. The lowest BCUT2D eigenvalue weighted by atomic mass is 10.0. The van der Waals surface area contributed by atoms with Gasteiger partial charge in [-0.2, -0.15) is 0 Å². The number of likely N-dealkylation sites (tertiary alicyclic amines) is 1. The van der Waals surface area contributed by atoms with Crippen LogP contribution in [0.5, 0.6) is 0 Å². The third-order valence-corrected chi connectivity index (χ3v) is 3.25. The smallest absolute Gasteiger partial charge is 0.191 e. The molecule has 0 spiro atoms. The summed E-state index contributed by atoms with van der Waals surface area (Å²) >= 11 is 0. The monoisotopic (exact) mass is 195 g/mol. The van der Waals surface area contributed by atoms with Gasteiger partial charge in [-0.05, 0) is 38.5 Å². The fraction of sp³-hybridized carbons (Fsp3) is 0.909. The van der Waals surface area contributed by atoms with Crippen molar-refractivity contribution >= 4 is 5.96 Å². The molecule has 3 nitrogen and oxygen atoms in total. The minimum atomic E-state index is 0.550. The minimum Gasteiger partial charge on any atom is -0.370 e. The number of rotatable bonds is 2. The van der Waals surface area contributed by atoms with Gasteiger partial charge in [0.15, 0.2) is 5.96 Å². The fourth-order valence-corrected chi connectivity index (χ4v) is 2.19. The van der Waals surface area contributed by atoms with Crippen LogP contribution in [0.2, 0.25) is 0 Å². The molecule has 14 heavy (non-hydrogen) atoms. The molecule has 1 saturated heterocycles. The van der Waals surface area contributed by atoms with Gasteiger partial charge in [-0.3, -0.25) is 0 Å². The highest BCUT2D eigenvalue weighted by Gasteiger charge is 2.25. The maximum absolute atomic E-state index is 6.03. The molecule has 1 saturated carbocycles. The van der Waals surface area contributed by atoms with Crippen molar-refractivity contribution in [3.63, 3.8) is 0 Å². The van der Waals surface area contributed by atoms with Crippen molar-refractivity contribution in [3.05, 3.63) is 0 Å². The summed E-state index contributed by atoms with van der Waals surface area (Å²) in [6.45, 7) is 3.36. The Morgan fingerprint density at radius 3 is 2.79 bits per heavy atom. The molecule has 80 valence electrons. The molecule has 2 rings (SSSR count). The summed E-state index contributed by atoms with van der Waals surface area (Å²) in [7, 11) is 0. The fourth-order valence-electron chi connectivity index (χ4n) is 2.19. The predicted molar refractivity (Wildman–Crippen MR) is 59.3 cm³/mol. The van der Waals surface area contributed by atoms with Gasteiger partial charge in [-0.1, -0.05) is 6.92 Å². The van der Waals surface area contributed by atoms with Gasteiger partial charge in [0.05, 0.1) is 6.04 Å². The van der Waals surface area contributed by atoms with Crippen molar-refractivity contribution in [2.24, 2.45) is 10.7 Å².